The fourth-order valence-corrected chi connectivity index (χ4v) is 3.33. The van der Waals surface area contributed by atoms with Crippen LogP contribution in [0.2, 0.25) is 0 Å². The molecule has 0 bridgehead atoms. The minimum Gasteiger partial charge on any atom is -0.355 e. The zero-order valence-corrected chi connectivity index (χ0v) is 16.4. The first-order valence-corrected chi connectivity index (χ1v) is 9.30. The van der Waals surface area contributed by atoms with E-state index in [2.05, 4.69) is 46.2 Å². The number of aromatic nitrogens is 3. The van der Waals surface area contributed by atoms with Gasteiger partial charge in [0.25, 0.3) is 5.56 Å². The van der Waals surface area contributed by atoms with Gasteiger partial charge in [0.1, 0.15) is 6.54 Å². The fraction of sp³-hybridized carbons (Fsp3) is 0.381. The number of nitrogens with one attached hydrogen (secondary N) is 1. The number of aryl methyl sites for hydroxylation is 3. The Morgan fingerprint density at radius 2 is 1.81 bits per heavy atom. The summed E-state index contributed by atoms with van der Waals surface area (Å²) in [6.45, 7) is 9.24. The maximum absolute atomic E-state index is 12.9. The van der Waals surface area contributed by atoms with Gasteiger partial charge in [-0.1, -0.05) is 36.8 Å². The Morgan fingerprint density at radius 3 is 2.48 bits per heavy atom. The lowest BCUT2D eigenvalue weighted by molar-refractivity contribution is -0.121. The highest BCUT2D eigenvalue weighted by Gasteiger charge is 2.17. The predicted octanol–water partition coefficient (Wildman–Crippen LogP) is 2.70. The highest BCUT2D eigenvalue weighted by Crippen LogP contribution is 2.23. The lowest BCUT2D eigenvalue weighted by atomic mass is 10.1. The summed E-state index contributed by atoms with van der Waals surface area (Å²) in [5, 5.41) is 8.48. The van der Waals surface area contributed by atoms with E-state index in [-0.39, 0.29) is 18.0 Å². The molecule has 0 aliphatic carbocycles. The van der Waals surface area contributed by atoms with E-state index < -0.39 is 0 Å². The smallest absolute Gasteiger partial charge is 0.276 e. The molecule has 142 valence electrons. The second kappa shape index (κ2) is 7.78. The molecule has 2 aromatic heterocycles. The number of amides is 1. The number of hydrogen-bond donors (Lipinski definition) is 1. The van der Waals surface area contributed by atoms with Crippen LogP contribution >= 0.6 is 0 Å². The molecule has 6 nitrogen and oxygen atoms in total. The van der Waals surface area contributed by atoms with Crippen LogP contribution < -0.4 is 10.9 Å². The molecule has 0 saturated heterocycles. The largest absolute Gasteiger partial charge is 0.355 e. The monoisotopic (exact) mass is 366 g/mol. The third kappa shape index (κ3) is 3.79. The number of fused-ring (bicyclic) bond motifs is 1. The molecule has 1 aromatic carbocycles. The van der Waals surface area contributed by atoms with Gasteiger partial charge in [-0.05, 0) is 32.8 Å². The molecular weight excluding hydrogens is 340 g/mol. The van der Waals surface area contributed by atoms with Crippen molar-refractivity contribution in [3.63, 3.8) is 0 Å². The molecule has 3 rings (SSSR count). The van der Waals surface area contributed by atoms with E-state index in [1.807, 2.05) is 20.8 Å². The Labute approximate surface area is 158 Å². The van der Waals surface area contributed by atoms with Crippen LogP contribution in [0.25, 0.3) is 10.8 Å². The first kappa shape index (κ1) is 18.9. The van der Waals surface area contributed by atoms with E-state index in [0.717, 1.165) is 23.2 Å². The minimum absolute atomic E-state index is 0.0591. The Morgan fingerprint density at radius 1 is 1.11 bits per heavy atom. The molecule has 0 aliphatic rings. The molecule has 0 atom stereocenters. The van der Waals surface area contributed by atoms with Gasteiger partial charge in [0, 0.05) is 29.9 Å². The fourth-order valence-electron chi connectivity index (χ4n) is 3.33. The Hall–Kier alpha value is -2.89. The Bertz CT molecular complexity index is 1030. The van der Waals surface area contributed by atoms with Crippen molar-refractivity contribution >= 4 is 16.7 Å². The van der Waals surface area contributed by atoms with Crippen molar-refractivity contribution in [2.75, 3.05) is 6.54 Å². The van der Waals surface area contributed by atoms with Gasteiger partial charge in [-0.2, -0.15) is 5.10 Å². The first-order valence-electron chi connectivity index (χ1n) is 9.30. The van der Waals surface area contributed by atoms with Crippen LogP contribution in [0.15, 0.2) is 35.3 Å². The molecule has 6 heteroatoms. The van der Waals surface area contributed by atoms with E-state index in [1.165, 1.54) is 15.8 Å². The zero-order valence-electron chi connectivity index (χ0n) is 16.4. The van der Waals surface area contributed by atoms with Crippen LogP contribution in [0, 0.1) is 20.8 Å². The van der Waals surface area contributed by atoms with Gasteiger partial charge in [0.05, 0.1) is 11.6 Å². The van der Waals surface area contributed by atoms with Gasteiger partial charge in [-0.25, -0.2) is 4.68 Å². The third-order valence-corrected chi connectivity index (χ3v) is 4.93. The topological polar surface area (TPSA) is 68.9 Å². The van der Waals surface area contributed by atoms with Gasteiger partial charge < -0.3 is 9.88 Å². The number of rotatable bonds is 6. The summed E-state index contributed by atoms with van der Waals surface area (Å²) in [5.41, 5.74) is 4.09. The first-order chi connectivity index (χ1) is 12.9. The van der Waals surface area contributed by atoms with Crippen LogP contribution in [0.5, 0.6) is 0 Å². The molecule has 0 unspecified atom stereocenters. The Balaban J connectivity index is 1.98. The average Bonchev–Trinajstić information content (AvgIpc) is 2.89. The summed E-state index contributed by atoms with van der Waals surface area (Å²) < 4.78 is 3.38. The van der Waals surface area contributed by atoms with E-state index in [1.54, 1.807) is 6.20 Å². The van der Waals surface area contributed by atoms with Crippen LogP contribution in [0.4, 0.5) is 0 Å². The quantitative estimate of drug-likeness (QED) is 0.729. The SMILES string of the molecule is CCCNC(=O)Cn1ncc2c(C)n(Cc3ccc(C)cc3)c(C)c2c1=O. The lowest BCUT2D eigenvalue weighted by Crippen LogP contribution is -2.34. The summed E-state index contributed by atoms with van der Waals surface area (Å²) in [5.74, 6) is -0.195. The van der Waals surface area contributed by atoms with Crippen molar-refractivity contribution in [3.8, 4) is 0 Å². The zero-order chi connectivity index (χ0) is 19.6. The van der Waals surface area contributed by atoms with Gasteiger partial charge in [0.15, 0.2) is 0 Å². The van der Waals surface area contributed by atoms with Crippen molar-refractivity contribution in [1.82, 2.24) is 19.7 Å². The number of benzene rings is 1. The number of carbonyl (C=O) groups excluding carboxylic acids is 1. The molecule has 0 spiro atoms. The molecule has 3 aromatic rings. The van der Waals surface area contributed by atoms with Crippen molar-refractivity contribution in [3.05, 3.63) is 63.3 Å². The molecule has 1 N–H and O–H groups in total. The van der Waals surface area contributed by atoms with Crippen LogP contribution in [-0.4, -0.2) is 26.8 Å². The van der Waals surface area contributed by atoms with Crippen LogP contribution in [0.1, 0.15) is 35.9 Å². The van der Waals surface area contributed by atoms with Crippen LogP contribution in [0.3, 0.4) is 0 Å². The van der Waals surface area contributed by atoms with Gasteiger partial charge in [-0.3, -0.25) is 9.59 Å². The summed E-state index contributed by atoms with van der Waals surface area (Å²) in [7, 11) is 0. The van der Waals surface area contributed by atoms with Crippen molar-refractivity contribution in [2.24, 2.45) is 0 Å². The van der Waals surface area contributed by atoms with Gasteiger partial charge >= 0.3 is 0 Å². The second-order valence-electron chi connectivity index (χ2n) is 6.99. The van der Waals surface area contributed by atoms with Crippen molar-refractivity contribution < 1.29 is 4.79 Å². The van der Waals surface area contributed by atoms with E-state index >= 15 is 0 Å². The molecule has 0 fully saturated rings. The Kier molecular flexibility index (Phi) is 5.44. The van der Waals surface area contributed by atoms with Gasteiger partial charge in [-0.15, -0.1) is 0 Å². The van der Waals surface area contributed by atoms with E-state index in [9.17, 15) is 9.59 Å². The number of hydrogen-bond acceptors (Lipinski definition) is 3. The lowest BCUT2D eigenvalue weighted by Gasteiger charge is -2.09. The van der Waals surface area contributed by atoms with Crippen molar-refractivity contribution in [2.45, 2.75) is 47.2 Å². The highest BCUT2D eigenvalue weighted by atomic mass is 16.2. The molecule has 27 heavy (non-hydrogen) atoms. The minimum atomic E-state index is -0.220. The maximum Gasteiger partial charge on any atom is 0.276 e. The number of nitrogens with zero attached hydrogens (tertiary/aromatic N) is 3. The van der Waals surface area contributed by atoms with Crippen molar-refractivity contribution in [1.29, 1.82) is 0 Å². The number of carbonyl (C=O) groups is 1. The highest BCUT2D eigenvalue weighted by molar-refractivity contribution is 5.87. The summed E-state index contributed by atoms with van der Waals surface area (Å²) in [4.78, 5) is 24.9. The molecule has 0 radical (unpaired) electrons. The summed E-state index contributed by atoms with van der Waals surface area (Å²) in [6, 6.07) is 8.39. The molecule has 0 saturated carbocycles. The summed E-state index contributed by atoms with van der Waals surface area (Å²) >= 11 is 0. The standard InChI is InChI=1S/C21H26N4O2/c1-5-10-22-19(26)13-25-21(27)20-16(4)24(15(3)18(20)11-23-25)12-17-8-6-14(2)7-9-17/h6-9,11H,5,10,12-13H2,1-4H3,(H,22,26). The molecule has 1 amide bonds. The van der Waals surface area contributed by atoms with E-state index in [0.29, 0.717) is 18.5 Å². The van der Waals surface area contributed by atoms with E-state index in [4.69, 9.17) is 0 Å². The molecule has 2 heterocycles. The summed E-state index contributed by atoms with van der Waals surface area (Å²) in [6.07, 6.45) is 2.55. The molecular formula is C21H26N4O2. The average molecular weight is 366 g/mol. The molecule has 0 aliphatic heterocycles. The second-order valence-corrected chi connectivity index (χ2v) is 6.99. The maximum atomic E-state index is 12.9. The van der Waals surface area contributed by atoms with Gasteiger partial charge in [0.2, 0.25) is 5.91 Å². The third-order valence-electron chi connectivity index (χ3n) is 4.93. The van der Waals surface area contributed by atoms with Crippen LogP contribution in [-0.2, 0) is 17.9 Å². The normalized spacial score (nSPS) is 11.1. The predicted molar refractivity (Wildman–Crippen MR) is 107 cm³/mol.